The Kier molecular flexibility index (Phi) is 2.91. The molecule has 1 aromatic carbocycles. The highest BCUT2D eigenvalue weighted by atomic mass is 14.9. The number of nitrogens with one attached hydrogen (secondary N) is 1. The standard InChI is InChI=1S/C14H17N/c1-3-7-13-11(4-2)10-12-8-5-6-9-14(12)15-13/h4-9,15H,3,10H2,1-2H3/b11-4-,13-7+. The zero-order valence-corrected chi connectivity index (χ0v) is 9.38. The zero-order chi connectivity index (χ0) is 10.7. The fourth-order valence-corrected chi connectivity index (χ4v) is 1.97. The first-order chi connectivity index (χ1) is 7.35. The van der Waals surface area contributed by atoms with Crippen LogP contribution in [0.4, 0.5) is 5.69 Å². The fraction of sp³-hybridized carbons (Fsp3) is 0.286. The van der Waals surface area contributed by atoms with Crippen molar-refractivity contribution in [3.63, 3.8) is 0 Å². The first kappa shape index (κ1) is 10.0. The van der Waals surface area contributed by atoms with Crippen LogP contribution in [0.25, 0.3) is 0 Å². The second kappa shape index (κ2) is 4.35. The van der Waals surface area contributed by atoms with Crippen LogP contribution >= 0.6 is 0 Å². The molecule has 1 N–H and O–H groups in total. The van der Waals surface area contributed by atoms with Gasteiger partial charge < -0.3 is 5.32 Å². The normalized spacial score (nSPS) is 20.1. The average molecular weight is 199 g/mol. The number of rotatable bonds is 1. The third-order valence-corrected chi connectivity index (χ3v) is 2.77. The third-order valence-electron chi connectivity index (χ3n) is 2.77. The number of anilines is 1. The molecule has 78 valence electrons. The summed E-state index contributed by atoms with van der Waals surface area (Å²) in [5.74, 6) is 0. The maximum Gasteiger partial charge on any atom is 0.0420 e. The molecule has 0 saturated carbocycles. The Morgan fingerprint density at radius 1 is 1.33 bits per heavy atom. The Balaban J connectivity index is 2.40. The minimum atomic E-state index is 1.05. The van der Waals surface area contributed by atoms with Gasteiger partial charge in [-0.2, -0.15) is 0 Å². The van der Waals surface area contributed by atoms with Crippen molar-refractivity contribution in [2.75, 3.05) is 5.32 Å². The molecule has 0 bridgehead atoms. The van der Waals surface area contributed by atoms with Crippen molar-refractivity contribution in [1.29, 1.82) is 0 Å². The smallest absolute Gasteiger partial charge is 0.0420 e. The van der Waals surface area contributed by atoms with Crippen molar-refractivity contribution in [2.24, 2.45) is 0 Å². The predicted molar refractivity (Wildman–Crippen MR) is 65.9 cm³/mol. The summed E-state index contributed by atoms with van der Waals surface area (Å²) in [5.41, 5.74) is 5.32. The van der Waals surface area contributed by atoms with Gasteiger partial charge in [-0.1, -0.05) is 37.3 Å². The van der Waals surface area contributed by atoms with E-state index in [1.807, 2.05) is 0 Å². The maximum absolute atomic E-state index is 3.49. The lowest BCUT2D eigenvalue weighted by Gasteiger charge is -2.23. The van der Waals surface area contributed by atoms with Gasteiger partial charge in [0, 0.05) is 17.8 Å². The first-order valence-electron chi connectivity index (χ1n) is 5.55. The lowest BCUT2D eigenvalue weighted by atomic mass is 9.95. The molecule has 15 heavy (non-hydrogen) atoms. The molecule has 1 heterocycles. The van der Waals surface area contributed by atoms with Gasteiger partial charge in [0.25, 0.3) is 0 Å². The topological polar surface area (TPSA) is 12.0 Å². The largest absolute Gasteiger partial charge is 0.355 e. The molecule has 0 saturated heterocycles. The van der Waals surface area contributed by atoms with E-state index >= 15 is 0 Å². The van der Waals surface area contributed by atoms with Crippen molar-refractivity contribution in [3.8, 4) is 0 Å². The van der Waals surface area contributed by atoms with Crippen LogP contribution in [0, 0.1) is 0 Å². The third kappa shape index (κ3) is 1.96. The van der Waals surface area contributed by atoms with E-state index in [0.717, 1.165) is 12.8 Å². The summed E-state index contributed by atoms with van der Waals surface area (Å²) in [4.78, 5) is 0. The van der Waals surface area contributed by atoms with Crippen LogP contribution in [0.3, 0.4) is 0 Å². The van der Waals surface area contributed by atoms with Crippen LogP contribution in [0.15, 0.2) is 47.7 Å². The zero-order valence-electron chi connectivity index (χ0n) is 9.38. The summed E-state index contributed by atoms with van der Waals surface area (Å²) in [5, 5.41) is 3.49. The van der Waals surface area contributed by atoms with Gasteiger partial charge in [0.1, 0.15) is 0 Å². The Morgan fingerprint density at radius 2 is 2.13 bits per heavy atom. The van der Waals surface area contributed by atoms with Gasteiger partial charge in [-0.05, 0) is 30.5 Å². The molecule has 0 amide bonds. The van der Waals surface area contributed by atoms with Gasteiger partial charge in [0.15, 0.2) is 0 Å². The Hall–Kier alpha value is -1.50. The van der Waals surface area contributed by atoms with E-state index in [2.05, 4.69) is 55.6 Å². The Labute approximate surface area is 91.5 Å². The molecule has 0 spiro atoms. The summed E-state index contributed by atoms with van der Waals surface area (Å²) in [6, 6.07) is 8.51. The molecule has 0 atom stereocenters. The molecular formula is C14H17N. The first-order valence-corrected chi connectivity index (χ1v) is 5.55. The molecule has 1 aliphatic rings. The van der Waals surface area contributed by atoms with Crippen molar-refractivity contribution in [1.82, 2.24) is 0 Å². The van der Waals surface area contributed by atoms with Gasteiger partial charge in [0.05, 0.1) is 0 Å². The minimum Gasteiger partial charge on any atom is -0.355 e. The van der Waals surface area contributed by atoms with E-state index in [0.29, 0.717) is 0 Å². The molecule has 1 aromatic rings. The van der Waals surface area contributed by atoms with Gasteiger partial charge in [-0.3, -0.25) is 0 Å². The Bertz CT molecular complexity index is 413. The summed E-state index contributed by atoms with van der Waals surface area (Å²) >= 11 is 0. The summed E-state index contributed by atoms with van der Waals surface area (Å²) in [7, 11) is 0. The van der Waals surface area contributed by atoms with Crippen LogP contribution in [0.5, 0.6) is 0 Å². The lowest BCUT2D eigenvalue weighted by Crippen LogP contribution is -2.12. The van der Waals surface area contributed by atoms with Crippen molar-refractivity contribution < 1.29 is 0 Å². The number of hydrogen-bond acceptors (Lipinski definition) is 1. The maximum atomic E-state index is 3.49. The Morgan fingerprint density at radius 3 is 2.87 bits per heavy atom. The average Bonchev–Trinajstić information content (AvgIpc) is 2.28. The summed E-state index contributed by atoms with van der Waals surface area (Å²) in [6.07, 6.45) is 6.57. The van der Waals surface area contributed by atoms with E-state index in [9.17, 15) is 0 Å². The molecule has 0 aromatic heterocycles. The molecule has 1 heteroatoms. The quantitative estimate of drug-likeness (QED) is 0.723. The number of para-hydroxylation sites is 1. The van der Waals surface area contributed by atoms with E-state index in [1.54, 1.807) is 0 Å². The van der Waals surface area contributed by atoms with Crippen LogP contribution in [-0.2, 0) is 6.42 Å². The monoisotopic (exact) mass is 199 g/mol. The number of fused-ring (bicyclic) bond motifs is 1. The molecule has 1 aliphatic heterocycles. The predicted octanol–water partition coefficient (Wildman–Crippen LogP) is 3.89. The van der Waals surface area contributed by atoms with E-state index in [1.165, 1.54) is 22.5 Å². The number of allylic oxidation sites excluding steroid dienone is 3. The highest BCUT2D eigenvalue weighted by Crippen LogP contribution is 2.29. The van der Waals surface area contributed by atoms with E-state index < -0.39 is 0 Å². The SMILES string of the molecule is C/C=C1/Cc2ccccc2N/C1=C/CC. The van der Waals surface area contributed by atoms with Crippen LogP contribution in [0.2, 0.25) is 0 Å². The summed E-state index contributed by atoms with van der Waals surface area (Å²) < 4.78 is 0. The van der Waals surface area contributed by atoms with Crippen molar-refractivity contribution in [3.05, 3.63) is 53.3 Å². The van der Waals surface area contributed by atoms with Gasteiger partial charge in [-0.25, -0.2) is 0 Å². The second-order valence-electron chi connectivity index (χ2n) is 3.80. The van der Waals surface area contributed by atoms with Crippen LogP contribution in [0.1, 0.15) is 25.8 Å². The number of hydrogen-bond donors (Lipinski definition) is 1. The van der Waals surface area contributed by atoms with Crippen molar-refractivity contribution >= 4 is 5.69 Å². The molecule has 0 fully saturated rings. The van der Waals surface area contributed by atoms with Gasteiger partial charge in [-0.15, -0.1) is 0 Å². The minimum absolute atomic E-state index is 1.05. The van der Waals surface area contributed by atoms with E-state index in [4.69, 9.17) is 0 Å². The van der Waals surface area contributed by atoms with E-state index in [-0.39, 0.29) is 0 Å². The molecule has 2 rings (SSSR count). The van der Waals surface area contributed by atoms with Crippen molar-refractivity contribution in [2.45, 2.75) is 26.7 Å². The molecule has 0 unspecified atom stereocenters. The van der Waals surface area contributed by atoms with Crippen LogP contribution < -0.4 is 5.32 Å². The molecule has 0 aliphatic carbocycles. The highest BCUT2D eigenvalue weighted by molar-refractivity contribution is 5.64. The molecule has 0 radical (unpaired) electrons. The lowest BCUT2D eigenvalue weighted by molar-refractivity contribution is 1.07. The number of benzene rings is 1. The van der Waals surface area contributed by atoms with Gasteiger partial charge >= 0.3 is 0 Å². The van der Waals surface area contributed by atoms with Crippen LogP contribution in [-0.4, -0.2) is 0 Å². The highest BCUT2D eigenvalue weighted by Gasteiger charge is 2.14. The molecule has 1 nitrogen and oxygen atoms in total. The fourth-order valence-electron chi connectivity index (χ4n) is 1.97. The summed E-state index contributed by atoms with van der Waals surface area (Å²) in [6.45, 7) is 4.27. The van der Waals surface area contributed by atoms with Gasteiger partial charge in [0.2, 0.25) is 0 Å². The second-order valence-corrected chi connectivity index (χ2v) is 3.80. The molecular weight excluding hydrogens is 182 g/mol.